The van der Waals surface area contributed by atoms with Gasteiger partial charge < -0.3 is 10.4 Å². The van der Waals surface area contributed by atoms with Crippen molar-refractivity contribution in [2.45, 2.75) is 26.8 Å². The molecule has 0 radical (unpaired) electrons. The fourth-order valence-corrected chi connectivity index (χ4v) is 0.549. The maximum atomic E-state index is 12.8. The van der Waals surface area contributed by atoms with Crippen LogP contribution < -0.4 is 5.32 Å². The molecule has 0 aliphatic rings. The number of halogens is 1. The Balaban J connectivity index is 4.33. The lowest BCUT2D eigenvalue weighted by atomic mass is 10.2. The molecule has 0 bridgehead atoms. The third-order valence-electron chi connectivity index (χ3n) is 1.36. The molecular weight excluding hydrogens is 177 g/mol. The van der Waals surface area contributed by atoms with Gasteiger partial charge in [-0.1, -0.05) is 0 Å². The number of carboxylic acid groups (broad SMARTS) is 1. The lowest BCUT2D eigenvalue weighted by molar-refractivity contribution is -0.140. The first-order valence-corrected chi connectivity index (χ1v) is 3.73. The zero-order valence-corrected chi connectivity index (χ0v) is 7.72. The number of amides is 1. The summed E-state index contributed by atoms with van der Waals surface area (Å²) in [6.45, 7) is 4.12. The fourth-order valence-electron chi connectivity index (χ4n) is 0.549. The Labute approximate surface area is 75.4 Å². The molecule has 1 atom stereocenters. The van der Waals surface area contributed by atoms with E-state index in [4.69, 9.17) is 5.11 Å². The molecule has 0 saturated carbocycles. The number of allylic oxidation sites excluding steroid dienone is 1. The van der Waals surface area contributed by atoms with Crippen molar-refractivity contribution in [1.82, 2.24) is 5.32 Å². The minimum atomic E-state index is -1.20. The molecule has 0 fully saturated rings. The first kappa shape index (κ1) is 11.6. The van der Waals surface area contributed by atoms with Crippen LogP contribution in [0.3, 0.4) is 0 Å². The summed E-state index contributed by atoms with van der Waals surface area (Å²) in [6.07, 6.45) is 0. The maximum absolute atomic E-state index is 12.8. The Morgan fingerprint density at radius 1 is 1.38 bits per heavy atom. The van der Waals surface area contributed by atoms with Crippen molar-refractivity contribution >= 4 is 11.9 Å². The van der Waals surface area contributed by atoms with Gasteiger partial charge >= 0.3 is 5.97 Å². The molecule has 5 heteroatoms. The molecule has 74 valence electrons. The molecule has 0 saturated heterocycles. The van der Waals surface area contributed by atoms with Gasteiger partial charge in [-0.05, 0) is 26.3 Å². The quantitative estimate of drug-likeness (QED) is 0.646. The van der Waals surface area contributed by atoms with Crippen LogP contribution in [-0.4, -0.2) is 23.0 Å². The van der Waals surface area contributed by atoms with Gasteiger partial charge in [0.2, 0.25) is 0 Å². The average molecular weight is 189 g/mol. The number of hydrogen-bond donors (Lipinski definition) is 2. The smallest absolute Gasteiger partial charge is 0.325 e. The van der Waals surface area contributed by atoms with Gasteiger partial charge in [0.1, 0.15) is 6.04 Å². The molecule has 0 unspecified atom stereocenters. The average Bonchev–Trinajstić information content (AvgIpc) is 2.02. The number of nitrogens with one attached hydrogen (secondary N) is 1. The minimum absolute atomic E-state index is 0.218. The van der Waals surface area contributed by atoms with Gasteiger partial charge in [-0.3, -0.25) is 9.59 Å². The summed E-state index contributed by atoms with van der Waals surface area (Å²) in [5.41, 5.74) is 0.218. The summed E-state index contributed by atoms with van der Waals surface area (Å²) in [6, 6.07) is -1.09. The van der Waals surface area contributed by atoms with Crippen LogP contribution in [0.5, 0.6) is 0 Å². The Kier molecular flexibility index (Phi) is 4.10. The highest BCUT2D eigenvalue weighted by molar-refractivity contribution is 5.94. The van der Waals surface area contributed by atoms with E-state index < -0.39 is 23.7 Å². The minimum Gasteiger partial charge on any atom is -0.480 e. The summed E-state index contributed by atoms with van der Waals surface area (Å²) < 4.78 is 12.8. The highest BCUT2D eigenvalue weighted by Crippen LogP contribution is 2.04. The number of carbonyl (C=O) groups is 2. The molecular formula is C8H12FNO3. The number of rotatable bonds is 3. The number of hydrogen-bond acceptors (Lipinski definition) is 2. The lowest BCUT2D eigenvalue weighted by Gasteiger charge is -2.07. The predicted octanol–water partition coefficient (Wildman–Crippen LogP) is 0.839. The van der Waals surface area contributed by atoms with Gasteiger partial charge in [-0.25, -0.2) is 4.39 Å². The van der Waals surface area contributed by atoms with Gasteiger partial charge in [0, 0.05) is 0 Å². The van der Waals surface area contributed by atoms with E-state index in [0.717, 1.165) is 0 Å². The highest BCUT2D eigenvalue weighted by atomic mass is 19.1. The normalized spacial score (nSPS) is 11.7. The summed E-state index contributed by atoms with van der Waals surface area (Å²) in [5.74, 6) is -3.13. The molecule has 0 aromatic rings. The molecule has 0 rings (SSSR count). The van der Waals surface area contributed by atoms with Crippen molar-refractivity contribution in [1.29, 1.82) is 0 Å². The topological polar surface area (TPSA) is 66.4 Å². The largest absolute Gasteiger partial charge is 0.480 e. The first-order valence-electron chi connectivity index (χ1n) is 3.73. The van der Waals surface area contributed by atoms with Crippen LogP contribution in [0.15, 0.2) is 11.4 Å². The second-order valence-electron chi connectivity index (χ2n) is 2.85. The molecule has 0 aromatic heterocycles. The van der Waals surface area contributed by atoms with Gasteiger partial charge in [0.15, 0.2) is 5.83 Å². The Morgan fingerprint density at radius 3 is 2.15 bits per heavy atom. The molecule has 0 aliphatic heterocycles. The van der Waals surface area contributed by atoms with Crippen LogP contribution >= 0.6 is 0 Å². The van der Waals surface area contributed by atoms with Gasteiger partial charge in [0.05, 0.1) is 0 Å². The number of carboxylic acids is 1. The van der Waals surface area contributed by atoms with Crippen LogP contribution in [0.25, 0.3) is 0 Å². The fraction of sp³-hybridized carbons (Fsp3) is 0.500. The molecule has 0 spiro atoms. The lowest BCUT2D eigenvalue weighted by Crippen LogP contribution is -2.38. The first-order chi connectivity index (χ1) is 5.86. The third kappa shape index (κ3) is 3.68. The number of aliphatic carboxylic acids is 1. The van der Waals surface area contributed by atoms with Crippen molar-refractivity contribution in [3.63, 3.8) is 0 Å². The van der Waals surface area contributed by atoms with Crippen molar-refractivity contribution < 1.29 is 19.1 Å². The Hall–Kier alpha value is -1.39. The summed E-state index contributed by atoms with van der Waals surface area (Å²) in [5, 5.41) is 10.4. The zero-order valence-electron chi connectivity index (χ0n) is 7.72. The maximum Gasteiger partial charge on any atom is 0.325 e. The van der Waals surface area contributed by atoms with Crippen molar-refractivity contribution in [2.75, 3.05) is 0 Å². The molecule has 0 aliphatic carbocycles. The van der Waals surface area contributed by atoms with E-state index in [9.17, 15) is 14.0 Å². The summed E-state index contributed by atoms with van der Waals surface area (Å²) in [4.78, 5) is 21.2. The SMILES string of the molecule is CC(C)=C(F)C(=O)N[C@@H](C)C(=O)O. The van der Waals surface area contributed by atoms with E-state index >= 15 is 0 Å². The highest BCUT2D eigenvalue weighted by Gasteiger charge is 2.17. The molecule has 0 heterocycles. The van der Waals surface area contributed by atoms with Crippen LogP contribution in [0.1, 0.15) is 20.8 Å². The van der Waals surface area contributed by atoms with Crippen molar-refractivity contribution in [3.05, 3.63) is 11.4 Å². The van der Waals surface area contributed by atoms with Gasteiger partial charge in [0.25, 0.3) is 5.91 Å². The van der Waals surface area contributed by atoms with E-state index in [0.29, 0.717) is 0 Å². The van der Waals surface area contributed by atoms with E-state index in [1.165, 1.54) is 20.8 Å². The van der Waals surface area contributed by atoms with Crippen molar-refractivity contribution in [2.24, 2.45) is 0 Å². The van der Waals surface area contributed by atoms with E-state index in [-0.39, 0.29) is 5.57 Å². The molecule has 2 N–H and O–H groups in total. The van der Waals surface area contributed by atoms with E-state index in [1.807, 2.05) is 5.32 Å². The Morgan fingerprint density at radius 2 is 1.85 bits per heavy atom. The summed E-state index contributed by atoms with van der Waals surface area (Å²) >= 11 is 0. The van der Waals surface area contributed by atoms with Crippen LogP contribution in [-0.2, 0) is 9.59 Å². The van der Waals surface area contributed by atoms with Crippen LogP contribution in [0.2, 0.25) is 0 Å². The monoisotopic (exact) mass is 189 g/mol. The van der Waals surface area contributed by atoms with Crippen LogP contribution in [0, 0.1) is 0 Å². The second kappa shape index (κ2) is 4.59. The van der Waals surface area contributed by atoms with E-state index in [2.05, 4.69) is 0 Å². The second-order valence-corrected chi connectivity index (χ2v) is 2.85. The molecule has 1 amide bonds. The molecule has 0 aromatic carbocycles. The predicted molar refractivity (Wildman–Crippen MR) is 44.7 cm³/mol. The van der Waals surface area contributed by atoms with Gasteiger partial charge in [-0.15, -0.1) is 0 Å². The summed E-state index contributed by atoms with van der Waals surface area (Å²) in [7, 11) is 0. The van der Waals surface area contributed by atoms with Gasteiger partial charge in [-0.2, -0.15) is 0 Å². The standard InChI is InChI=1S/C8H12FNO3/c1-4(2)6(9)7(11)10-5(3)8(12)13/h5H,1-3H3,(H,10,11)(H,12,13)/t5-/m0/s1. The zero-order chi connectivity index (χ0) is 10.6. The number of carbonyl (C=O) groups excluding carboxylic acids is 1. The van der Waals surface area contributed by atoms with Crippen LogP contribution in [0.4, 0.5) is 4.39 Å². The molecule has 4 nitrogen and oxygen atoms in total. The van der Waals surface area contributed by atoms with E-state index in [1.54, 1.807) is 0 Å². The van der Waals surface area contributed by atoms with Crippen molar-refractivity contribution in [3.8, 4) is 0 Å². The Bertz CT molecular complexity index is 256. The third-order valence-corrected chi connectivity index (χ3v) is 1.36. The molecule has 13 heavy (non-hydrogen) atoms.